The predicted molar refractivity (Wildman–Crippen MR) is 140 cm³/mol. The summed E-state index contributed by atoms with van der Waals surface area (Å²) in [6.07, 6.45) is 1.72. The molecule has 0 aliphatic carbocycles. The van der Waals surface area contributed by atoms with E-state index in [-0.39, 0.29) is 36.0 Å². The van der Waals surface area contributed by atoms with Crippen LogP contribution in [0.4, 0.5) is 0 Å². The number of aliphatic imine (C=N–C) groups is 1. The monoisotopic (exact) mass is 570 g/mol. The number of rotatable bonds is 9. The molecule has 2 heterocycles. The number of aryl methyl sites for hydroxylation is 2. The molecule has 0 bridgehead atoms. The number of H-pyrrole nitrogens is 1. The molecule has 2 aromatic heterocycles. The average molecular weight is 571 g/mol. The Morgan fingerprint density at radius 3 is 2.78 bits per heavy atom. The summed E-state index contributed by atoms with van der Waals surface area (Å²) in [7, 11) is 0. The molecule has 174 valence electrons. The Balaban J connectivity index is 0.00000363. The van der Waals surface area contributed by atoms with E-state index in [1.165, 1.54) is 11.3 Å². The Hall–Kier alpha value is -2.21. The quantitative estimate of drug-likeness (QED) is 0.116. The molecular weight excluding hydrogens is 539 g/mol. The van der Waals surface area contributed by atoms with E-state index in [9.17, 15) is 4.79 Å². The Bertz CT molecular complexity index is 1020. The molecule has 1 aromatic carbocycles. The fourth-order valence-electron chi connectivity index (χ4n) is 3.14. The van der Waals surface area contributed by atoms with E-state index < -0.39 is 0 Å². The minimum atomic E-state index is -0.317. The molecule has 8 nitrogen and oxygen atoms in total. The third kappa shape index (κ3) is 6.89. The number of para-hydroxylation sites is 2. The third-order valence-electron chi connectivity index (χ3n) is 4.62. The van der Waals surface area contributed by atoms with Gasteiger partial charge in [0.1, 0.15) is 15.7 Å². The molecule has 0 radical (unpaired) electrons. The molecule has 3 rings (SSSR count). The summed E-state index contributed by atoms with van der Waals surface area (Å²) in [5.41, 5.74) is 2.75. The molecular formula is C22H31IN6O2S. The molecule has 1 atom stereocenters. The normalized spacial score (nSPS) is 12.3. The van der Waals surface area contributed by atoms with Crippen LogP contribution in [0.3, 0.4) is 0 Å². The summed E-state index contributed by atoms with van der Waals surface area (Å²) in [5, 5.41) is 7.47. The van der Waals surface area contributed by atoms with Crippen LogP contribution in [0.5, 0.6) is 0 Å². The number of aromatic nitrogens is 3. The summed E-state index contributed by atoms with van der Waals surface area (Å²) in [4.78, 5) is 29.8. The van der Waals surface area contributed by atoms with Gasteiger partial charge in [0, 0.05) is 19.5 Å². The summed E-state index contributed by atoms with van der Waals surface area (Å²) in [5.74, 6) is 1.39. The van der Waals surface area contributed by atoms with Crippen molar-refractivity contribution in [1.82, 2.24) is 25.6 Å². The van der Waals surface area contributed by atoms with E-state index in [4.69, 9.17) is 4.74 Å². The molecule has 0 saturated heterocycles. The number of imidazole rings is 1. The highest BCUT2D eigenvalue weighted by Gasteiger charge is 2.20. The molecule has 0 aliphatic heterocycles. The molecule has 1 unspecified atom stereocenters. The van der Waals surface area contributed by atoms with Gasteiger partial charge in [-0.1, -0.05) is 12.1 Å². The van der Waals surface area contributed by atoms with Gasteiger partial charge in [0.25, 0.3) is 0 Å². The van der Waals surface area contributed by atoms with Crippen molar-refractivity contribution in [2.75, 3.05) is 19.7 Å². The van der Waals surface area contributed by atoms with Crippen LogP contribution in [0.1, 0.15) is 59.4 Å². The Kier molecular flexibility index (Phi) is 10.4. The summed E-state index contributed by atoms with van der Waals surface area (Å²) < 4.78 is 5.11. The highest BCUT2D eigenvalue weighted by Crippen LogP contribution is 2.24. The lowest BCUT2D eigenvalue weighted by atomic mass is 10.3. The molecule has 0 aliphatic rings. The number of hydrogen-bond donors (Lipinski definition) is 3. The van der Waals surface area contributed by atoms with Crippen LogP contribution in [-0.2, 0) is 11.2 Å². The number of halogens is 1. The van der Waals surface area contributed by atoms with E-state index in [1.54, 1.807) is 6.92 Å². The van der Waals surface area contributed by atoms with Crippen LogP contribution in [0.15, 0.2) is 29.3 Å². The maximum atomic E-state index is 12.1. The minimum Gasteiger partial charge on any atom is -0.462 e. The van der Waals surface area contributed by atoms with Crippen molar-refractivity contribution in [2.24, 2.45) is 4.99 Å². The van der Waals surface area contributed by atoms with Crippen LogP contribution in [0, 0.1) is 6.92 Å². The molecule has 0 amide bonds. The number of hydrogen-bond acceptors (Lipinski definition) is 6. The van der Waals surface area contributed by atoms with Crippen molar-refractivity contribution < 1.29 is 9.53 Å². The molecule has 3 N–H and O–H groups in total. The zero-order valence-corrected chi connectivity index (χ0v) is 22.0. The Morgan fingerprint density at radius 2 is 2.06 bits per heavy atom. The first-order valence-corrected chi connectivity index (χ1v) is 11.5. The third-order valence-corrected chi connectivity index (χ3v) is 5.94. The van der Waals surface area contributed by atoms with Crippen LogP contribution in [0.2, 0.25) is 0 Å². The number of aromatic amines is 1. The SMILES string of the molecule is CCNC(=NCCCc1nc2ccccc2[nH]1)NC(C)c1nc(C)c(C(=O)OCC)s1.I. The van der Waals surface area contributed by atoms with E-state index in [0.29, 0.717) is 23.7 Å². The lowest BCUT2D eigenvalue weighted by molar-refractivity contribution is 0.0531. The zero-order valence-electron chi connectivity index (χ0n) is 18.9. The van der Waals surface area contributed by atoms with Crippen LogP contribution in [0.25, 0.3) is 11.0 Å². The largest absolute Gasteiger partial charge is 0.462 e. The Morgan fingerprint density at radius 1 is 1.28 bits per heavy atom. The molecule has 3 aromatic rings. The van der Waals surface area contributed by atoms with Gasteiger partial charge in [0.15, 0.2) is 5.96 Å². The van der Waals surface area contributed by atoms with Crippen molar-refractivity contribution in [3.05, 3.63) is 45.7 Å². The maximum absolute atomic E-state index is 12.1. The predicted octanol–water partition coefficient (Wildman–Crippen LogP) is 4.37. The van der Waals surface area contributed by atoms with Gasteiger partial charge in [0.2, 0.25) is 0 Å². The number of guanidine groups is 1. The van der Waals surface area contributed by atoms with Gasteiger partial charge < -0.3 is 20.4 Å². The fraction of sp³-hybridized carbons (Fsp3) is 0.455. The topological polar surface area (TPSA) is 104 Å². The number of fused-ring (bicyclic) bond motifs is 1. The first-order valence-electron chi connectivity index (χ1n) is 10.6. The number of esters is 1. The number of thiazole rings is 1. The average Bonchev–Trinajstić information content (AvgIpc) is 3.34. The molecule has 0 fully saturated rings. The van der Waals surface area contributed by atoms with Gasteiger partial charge in [-0.15, -0.1) is 35.3 Å². The van der Waals surface area contributed by atoms with Gasteiger partial charge in [0.05, 0.1) is 29.4 Å². The van der Waals surface area contributed by atoms with Crippen LogP contribution >= 0.6 is 35.3 Å². The van der Waals surface area contributed by atoms with Crippen LogP contribution < -0.4 is 10.6 Å². The minimum absolute atomic E-state index is 0. The van der Waals surface area contributed by atoms with E-state index in [0.717, 1.165) is 47.2 Å². The molecule has 32 heavy (non-hydrogen) atoms. The van der Waals surface area contributed by atoms with Crippen molar-refractivity contribution in [1.29, 1.82) is 0 Å². The van der Waals surface area contributed by atoms with E-state index in [1.807, 2.05) is 45.0 Å². The zero-order chi connectivity index (χ0) is 22.2. The second-order valence-electron chi connectivity index (χ2n) is 7.12. The number of carbonyl (C=O) groups excluding carboxylic acids is 1. The summed E-state index contributed by atoms with van der Waals surface area (Å²) in [6, 6.07) is 7.96. The molecule has 0 saturated carbocycles. The number of ether oxygens (including phenoxy) is 1. The number of carbonyl (C=O) groups is 1. The van der Waals surface area contributed by atoms with Crippen molar-refractivity contribution >= 4 is 58.3 Å². The van der Waals surface area contributed by atoms with Gasteiger partial charge in [-0.3, -0.25) is 4.99 Å². The second-order valence-corrected chi connectivity index (χ2v) is 8.15. The molecule has 0 spiro atoms. The van der Waals surface area contributed by atoms with Gasteiger partial charge >= 0.3 is 5.97 Å². The number of benzene rings is 1. The summed E-state index contributed by atoms with van der Waals surface area (Å²) in [6.45, 7) is 9.45. The van der Waals surface area contributed by atoms with Gasteiger partial charge in [-0.05, 0) is 46.2 Å². The van der Waals surface area contributed by atoms with Gasteiger partial charge in [-0.25, -0.2) is 14.8 Å². The Labute approximate surface area is 209 Å². The first-order chi connectivity index (χ1) is 15.0. The van der Waals surface area contributed by atoms with E-state index >= 15 is 0 Å². The highest BCUT2D eigenvalue weighted by molar-refractivity contribution is 14.0. The summed E-state index contributed by atoms with van der Waals surface area (Å²) >= 11 is 1.36. The lowest BCUT2D eigenvalue weighted by Crippen LogP contribution is -2.38. The number of nitrogens with zero attached hydrogens (tertiary/aromatic N) is 3. The highest BCUT2D eigenvalue weighted by atomic mass is 127. The van der Waals surface area contributed by atoms with Crippen molar-refractivity contribution in [3.63, 3.8) is 0 Å². The fourth-order valence-corrected chi connectivity index (χ4v) is 4.10. The smallest absolute Gasteiger partial charge is 0.350 e. The van der Waals surface area contributed by atoms with Gasteiger partial charge in [-0.2, -0.15) is 0 Å². The maximum Gasteiger partial charge on any atom is 0.350 e. The molecule has 10 heteroatoms. The second kappa shape index (κ2) is 12.7. The first kappa shape index (κ1) is 26.0. The van der Waals surface area contributed by atoms with E-state index in [2.05, 4.69) is 30.6 Å². The van der Waals surface area contributed by atoms with Crippen LogP contribution in [-0.4, -0.2) is 46.6 Å². The van der Waals surface area contributed by atoms with Crippen molar-refractivity contribution in [2.45, 2.75) is 46.6 Å². The number of nitrogens with one attached hydrogen (secondary N) is 3. The lowest BCUT2D eigenvalue weighted by Gasteiger charge is -2.16. The standard InChI is InChI=1S/C22H30N6O2S.HI/c1-5-23-22(24-13-9-12-18-27-16-10-7-8-11-17(16)28-18)26-15(4)20-25-14(3)19(31-20)21(29)30-6-2;/h7-8,10-11,15H,5-6,9,12-13H2,1-4H3,(H,27,28)(H2,23,24,26);1H. The van der Waals surface area contributed by atoms with Crippen molar-refractivity contribution in [3.8, 4) is 0 Å².